The number of terminal acetylenes is 1. The topological polar surface area (TPSA) is 29.5 Å². The minimum atomic E-state index is -0.688. The van der Waals surface area contributed by atoms with E-state index in [4.69, 9.17) is 11.2 Å². The van der Waals surface area contributed by atoms with Crippen LogP contribution in [0.5, 0.6) is 0 Å². The predicted molar refractivity (Wildman–Crippen MR) is 110 cm³/mol. The van der Waals surface area contributed by atoms with Gasteiger partial charge in [0.2, 0.25) is 0 Å². The number of amides is 1. The maximum absolute atomic E-state index is 12.9. The summed E-state index contributed by atoms with van der Waals surface area (Å²) in [7, 11) is 0. The van der Waals surface area contributed by atoms with E-state index in [0.29, 0.717) is 19.1 Å². The smallest absolute Gasteiger partial charge is 0.411 e. The van der Waals surface area contributed by atoms with E-state index < -0.39 is 5.54 Å². The van der Waals surface area contributed by atoms with Crippen LogP contribution in [0, 0.1) is 18.3 Å². The van der Waals surface area contributed by atoms with E-state index in [2.05, 4.69) is 44.0 Å². The number of carbonyl (C=O) groups is 1. The van der Waals surface area contributed by atoms with Gasteiger partial charge in [-0.05, 0) is 42.0 Å². The summed E-state index contributed by atoms with van der Waals surface area (Å²) in [4.78, 5) is 14.5. The van der Waals surface area contributed by atoms with E-state index in [1.54, 1.807) is 4.90 Å². The first-order valence-electron chi connectivity index (χ1n) is 9.45. The Bertz CT molecular complexity index is 830. The minimum absolute atomic E-state index is 0.0520. The first-order valence-corrected chi connectivity index (χ1v) is 9.45. The third-order valence-electron chi connectivity index (χ3n) is 5.13. The van der Waals surface area contributed by atoms with E-state index in [0.717, 1.165) is 0 Å². The molecule has 0 saturated heterocycles. The number of rotatable bonds is 5. The summed E-state index contributed by atoms with van der Waals surface area (Å²) in [6.07, 6.45) is 5.31. The summed E-state index contributed by atoms with van der Waals surface area (Å²) >= 11 is 0. The predicted octanol–water partition coefficient (Wildman–Crippen LogP) is 5.31. The molecule has 1 aliphatic carbocycles. The Labute approximate surface area is 162 Å². The molecule has 2 aromatic rings. The highest BCUT2D eigenvalue weighted by atomic mass is 16.6. The van der Waals surface area contributed by atoms with Gasteiger partial charge in [0, 0.05) is 12.5 Å². The second-order valence-electron chi connectivity index (χ2n) is 8.01. The zero-order valence-electron chi connectivity index (χ0n) is 16.5. The van der Waals surface area contributed by atoms with Crippen LogP contribution in [0.4, 0.5) is 4.79 Å². The van der Waals surface area contributed by atoms with Crippen LogP contribution in [0.25, 0.3) is 11.1 Å². The van der Waals surface area contributed by atoms with Crippen molar-refractivity contribution in [2.24, 2.45) is 5.92 Å². The monoisotopic (exact) mass is 361 g/mol. The number of nitrogens with zero attached hydrogens (tertiary/aromatic N) is 1. The minimum Gasteiger partial charge on any atom is -0.448 e. The van der Waals surface area contributed by atoms with Gasteiger partial charge < -0.3 is 4.74 Å². The molecule has 0 saturated carbocycles. The van der Waals surface area contributed by atoms with E-state index in [-0.39, 0.29) is 12.0 Å². The molecule has 0 bridgehead atoms. The molecular formula is C24H27NO2. The van der Waals surface area contributed by atoms with Crippen molar-refractivity contribution in [3.63, 3.8) is 0 Å². The highest BCUT2D eigenvalue weighted by molar-refractivity contribution is 5.79. The van der Waals surface area contributed by atoms with Crippen LogP contribution < -0.4 is 0 Å². The fourth-order valence-corrected chi connectivity index (χ4v) is 3.65. The molecule has 0 N–H and O–H groups in total. The van der Waals surface area contributed by atoms with Gasteiger partial charge in [0.05, 0.1) is 0 Å². The van der Waals surface area contributed by atoms with Crippen molar-refractivity contribution < 1.29 is 9.53 Å². The van der Waals surface area contributed by atoms with Gasteiger partial charge in [0.25, 0.3) is 0 Å². The van der Waals surface area contributed by atoms with E-state index in [9.17, 15) is 4.79 Å². The Hall–Kier alpha value is -2.73. The van der Waals surface area contributed by atoms with E-state index in [1.165, 1.54) is 22.3 Å². The Balaban J connectivity index is 1.82. The molecule has 3 heteroatoms. The number of hydrogen-bond donors (Lipinski definition) is 0. The van der Waals surface area contributed by atoms with Crippen LogP contribution in [-0.4, -0.2) is 29.7 Å². The lowest BCUT2D eigenvalue weighted by molar-refractivity contribution is 0.0705. The van der Waals surface area contributed by atoms with E-state index >= 15 is 0 Å². The third kappa shape index (κ3) is 3.71. The van der Waals surface area contributed by atoms with Crippen LogP contribution in [0.15, 0.2) is 48.5 Å². The van der Waals surface area contributed by atoms with Gasteiger partial charge in [-0.25, -0.2) is 4.79 Å². The van der Waals surface area contributed by atoms with Crippen molar-refractivity contribution in [3.05, 3.63) is 59.7 Å². The summed E-state index contributed by atoms with van der Waals surface area (Å²) in [5, 5.41) is 0. The molecule has 0 spiro atoms. The third-order valence-corrected chi connectivity index (χ3v) is 5.13. The van der Waals surface area contributed by atoms with Crippen molar-refractivity contribution in [2.45, 2.75) is 39.2 Å². The van der Waals surface area contributed by atoms with Crippen molar-refractivity contribution >= 4 is 6.09 Å². The zero-order valence-corrected chi connectivity index (χ0v) is 16.5. The molecule has 0 heterocycles. The highest BCUT2D eigenvalue weighted by Crippen LogP contribution is 2.44. The maximum Gasteiger partial charge on any atom is 0.411 e. The number of benzene rings is 2. The van der Waals surface area contributed by atoms with Crippen LogP contribution in [0.2, 0.25) is 0 Å². The van der Waals surface area contributed by atoms with Gasteiger partial charge in [0.1, 0.15) is 12.1 Å². The fourth-order valence-electron chi connectivity index (χ4n) is 3.65. The van der Waals surface area contributed by atoms with Crippen LogP contribution in [-0.2, 0) is 4.74 Å². The molecule has 3 rings (SSSR count). The molecule has 0 aliphatic heterocycles. The van der Waals surface area contributed by atoms with E-state index in [1.807, 2.05) is 38.1 Å². The quantitative estimate of drug-likeness (QED) is 0.676. The van der Waals surface area contributed by atoms with Crippen molar-refractivity contribution in [1.29, 1.82) is 0 Å². The first kappa shape index (κ1) is 19.0. The lowest BCUT2D eigenvalue weighted by Gasteiger charge is -2.35. The van der Waals surface area contributed by atoms with Gasteiger partial charge in [-0.2, -0.15) is 0 Å². The molecule has 1 aliphatic rings. The Morgan fingerprint density at radius 1 is 1.11 bits per heavy atom. The van der Waals surface area contributed by atoms with Gasteiger partial charge in [-0.1, -0.05) is 68.3 Å². The number of carbonyl (C=O) groups excluding carboxylic acids is 1. The number of fused-ring (bicyclic) bond motifs is 3. The molecule has 1 amide bonds. The molecule has 0 radical (unpaired) electrons. The molecule has 3 nitrogen and oxygen atoms in total. The van der Waals surface area contributed by atoms with Gasteiger partial charge in [0.15, 0.2) is 0 Å². The first-order chi connectivity index (χ1) is 12.8. The van der Waals surface area contributed by atoms with Gasteiger partial charge in [-0.15, -0.1) is 6.42 Å². The Kier molecular flexibility index (Phi) is 5.28. The van der Waals surface area contributed by atoms with Crippen molar-refractivity contribution in [2.75, 3.05) is 13.2 Å². The summed E-state index contributed by atoms with van der Waals surface area (Å²) in [5.74, 6) is 3.07. The fraction of sp³-hybridized carbons (Fsp3) is 0.375. The summed E-state index contributed by atoms with van der Waals surface area (Å²) in [6.45, 7) is 8.75. The molecular weight excluding hydrogens is 334 g/mol. The normalized spacial score (nSPS) is 13.0. The molecule has 27 heavy (non-hydrogen) atoms. The van der Waals surface area contributed by atoms with Crippen LogP contribution in [0.1, 0.15) is 44.7 Å². The lowest BCUT2D eigenvalue weighted by atomic mass is 9.98. The molecule has 0 unspecified atom stereocenters. The largest absolute Gasteiger partial charge is 0.448 e. The number of hydrogen-bond acceptors (Lipinski definition) is 2. The van der Waals surface area contributed by atoms with Crippen molar-refractivity contribution in [1.82, 2.24) is 4.90 Å². The SMILES string of the molecule is C#CC(C)(C)N(CC(C)C)C(=O)OCC1c2ccccc2-c2ccccc21. The summed E-state index contributed by atoms with van der Waals surface area (Å²) < 4.78 is 5.78. The van der Waals surface area contributed by atoms with Crippen LogP contribution in [0.3, 0.4) is 0 Å². The highest BCUT2D eigenvalue weighted by Gasteiger charge is 2.33. The standard InChI is InChI=1S/C24H27NO2/c1-6-24(4,5)25(15-17(2)3)23(26)27-16-22-20-13-9-7-11-18(20)19-12-8-10-14-21(19)22/h1,7-14,17,22H,15-16H2,2-5H3. The second kappa shape index (κ2) is 7.48. The Morgan fingerprint density at radius 3 is 2.11 bits per heavy atom. The van der Waals surface area contributed by atoms with Gasteiger partial charge in [-0.3, -0.25) is 4.90 Å². The average molecular weight is 361 g/mol. The zero-order chi connectivity index (χ0) is 19.6. The molecule has 2 aromatic carbocycles. The van der Waals surface area contributed by atoms with Crippen molar-refractivity contribution in [3.8, 4) is 23.5 Å². The molecule has 0 aromatic heterocycles. The lowest BCUT2D eigenvalue weighted by Crippen LogP contribution is -2.49. The maximum atomic E-state index is 12.9. The summed E-state index contributed by atoms with van der Waals surface area (Å²) in [5.41, 5.74) is 4.16. The van der Waals surface area contributed by atoms with Crippen LogP contribution >= 0.6 is 0 Å². The molecule has 0 atom stereocenters. The summed E-state index contributed by atoms with van der Waals surface area (Å²) in [6, 6.07) is 16.6. The molecule has 140 valence electrons. The van der Waals surface area contributed by atoms with Gasteiger partial charge >= 0.3 is 6.09 Å². The number of ether oxygens (including phenoxy) is 1. The Morgan fingerprint density at radius 2 is 1.63 bits per heavy atom. The molecule has 0 fully saturated rings. The average Bonchev–Trinajstić information content (AvgIpc) is 2.98. The second-order valence-corrected chi connectivity index (χ2v) is 8.01.